The largest absolute Gasteiger partial charge is 0.437 e. The molecule has 0 saturated heterocycles. The van der Waals surface area contributed by atoms with Crippen molar-refractivity contribution in [3.63, 3.8) is 0 Å². The van der Waals surface area contributed by atoms with Crippen molar-refractivity contribution in [1.29, 1.82) is 0 Å². The van der Waals surface area contributed by atoms with Gasteiger partial charge in [-0.3, -0.25) is 4.99 Å². The van der Waals surface area contributed by atoms with Crippen LogP contribution in [0, 0.1) is 6.92 Å². The van der Waals surface area contributed by atoms with Gasteiger partial charge in [0.1, 0.15) is 5.58 Å². The summed E-state index contributed by atoms with van der Waals surface area (Å²) in [6.07, 6.45) is 7.89. The third-order valence-electron chi connectivity index (χ3n) is 4.91. The van der Waals surface area contributed by atoms with E-state index in [0.717, 1.165) is 38.6 Å². The fraction of sp³-hybridized carbons (Fsp3) is 0.120. The number of allylic oxidation sites excluding steroid dienone is 4. The molecule has 2 aromatic carbocycles. The fourth-order valence-corrected chi connectivity index (χ4v) is 3.54. The summed E-state index contributed by atoms with van der Waals surface area (Å²) in [5, 5.41) is 2.14. The zero-order valence-corrected chi connectivity index (χ0v) is 16.3. The lowest BCUT2D eigenvalue weighted by Crippen LogP contribution is -1.88. The number of nitrogens with zero attached hydrogens (tertiary/aromatic N) is 2. The number of hydrogen-bond acceptors (Lipinski definition) is 3. The number of hydrogen-bond donors (Lipinski definition) is 0. The Morgan fingerprint density at radius 3 is 2.57 bits per heavy atom. The van der Waals surface area contributed by atoms with Crippen LogP contribution in [0.5, 0.6) is 0 Å². The van der Waals surface area contributed by atoms with Gasteiger partial charge >= 0.3 is 0 Å². The van der Waals surface area contributed by atoms with E-state index in [1.807, 2.05) is 30.5 Å². The average Bonchev–Trinajstić information content (AvgIpc) is 3.09. The number of aliphatic imine (C=N–C) groups is 1. The maximum atomic E-state index is 6.13. The summed E-state index contributed by atoms with van der Waals surface area (Å²) >= 11 is 0. The number of furan rings is 1. The molecule has 2 aromatic heterocycles. The van der Waals surface area contributed by atoms with Gasteiger partial charge in [0, 0.05) is 35.8 Å². The maximum absolute atomic E-state index is 6.13. The first-order valence-electron chi connectivity index (χ1n) is 9.32. The van der Waals surface area contributed by atoms with Crippen LogP contribution in [0.3, 0.4) is 0 Å². The van der Waals surface area contributed by atoms with Crippen molar-refractivity contribution < 1.29 is 4.42 Å². The first kappa shape index (κ1) is 17.9. The lowest BCUT2D eigenvalue weighted by Gasteiger charge is -2.07. The first-order valence-corrected chi connectivity index (χ1v) is 9.32. The van der Waals surface area contributed by atoms with E-state index in [4.69, 9.17) is 4.42 Å². The summed E-state index contributed by atoms with van der Waals surface area (Å²) in [5.74, 6) is 0. The Kier molecular flexibility index (Phi) is 4.90. The molecule has 0 radical (unpaired) electrons. The van der Waals surface area contributed by atoms with Crippen LogP contribution in [0.25, 0.3) is 33.2 Å². The summed E-state index contributed by atoms with van der Waals surface area (Å²) in [6, 6.07) is 18.5. The van der Waals surface area contributed by atoms with E-state index < -0.39 is 0 Å². The van der Waals surface area contributed by atoms with Crippen molar-refractivity contribution in [1.82, 2.24) is 4.98 Å². The van der Waals surface area contributed by atoms with Gasteiger partial charge in [0.2, 0.25) is 5.71 Å². The molecule has 3 heteroatoms. The Labute approximate surface area is 164 Å². The van der Waals surface area contributed by atoms with Gasteiger partial charge in [-0.1, -0.05) is 54.6 Å². The molecule has 0 unspecified atom stereocenters. The molecule has 4 rings (SSSR count). The highest BCUT2D eigenvalue weighted by molar-refractivity contribution is 6.11. The lowest BCUT2D eigenvalue weighted by atomic mass is 9.97. The van der Waals surface area contributed by atoms with Crippen LogP contribution in [0.4, 0.5) is 0 Å². The monoisotopic (exact) mass is 366 g/mol. The van der Waals surface area contributed by atoms with Gasteiger partial charge in [-0.05, 0) is 48.3 Å². The highest BCUT2D eigenvalue weighted by Gasteiger charge is 2.14. The van der Waals surface area contributed by atoms with Crippen molar-refractivity contribution in [2.45, 2.75) is 13.8 Å². The van der Waals surface area contributed by atoms with Crippen molar-refractivity contribution in [2.24, 2.45) is 4.99 Å². The molecule has 138 valence electrons. The molecule has 28 heavy (non-hydrogen) atoms. The molecule has 0 spiro atoms. The zero-order chi connectivity index (χ0) is 19.5. The van der Waals surface area contributed by atoms with Crippen LogP contribution in [-0.4, -0.2) is 18.2 Å². The van der Waals surface area contributed by atoms with Gasteiger partial charge in [0.15, 0.2) is 0 Å². The highest BCUT2D eigenvalue weighted by atomic mass is 16.3. The molecule has 0 N–H and O–H groups in total. The van der Waals surface area contributed by atoms with Gasteiger partial charge in [-0.2, -0.15) is 0 Å². The van der Waals surface area contributed by atoms with E-state index in [-0.39, 0.29) is 0 Å². The molecular formula is C25H22N2O. The minimum Gasteiger partial charge on any atom is -0.437 e. The standard InChI is InChI=1S/C25H22N2O/c1-17(11-13-20(16-26-3)19-8-5-4-6-9-19)23-18(2)12-14-21-22-10-7-15-27-25(22)28-24(21)23/h4-16H,1-3H3/b17-11+,20-13+,26-16?. The second-order valence-corrected chi connectivity index (χ2v) is 6.82. The first-order chi connectivity index (χ1) is 13.7. The molecule has 0 bridgehead atoms. The van der Waals surface area contributed by atoms with Crippen molar-refractivity contribution in [3.05, 3.63) is 89.6 Å². The summed E-state index contributed by atoms with van der Waals surface area (Å²) in [5.41, 5.74) is 7.21. The van der Waals surface area contributed by atoms with Crippen LogP contribution < -0.4 is 0 Å². The quantitative estimate of drug-likeness (QED) is 0.306. The molecule has 0 saturated carbocycles. The third-order valence-corrected chi connectivity index (χ3v) is 4.91. The minimum absolute atomic E-state index is 0.677. The van der Waals surface area contributed by atoms with E-state index in [1.165, 1.54) is 5.56 Å². The Morgan fingerprint density at radius 2 is 1.79 bits per heavy atom. The molecule has 4 aromatic rings. The molecular weight excluding hydrogens is 344 g/mol. The number of aryl methyl sites for hydroxylation is 1. The maximum Gasteiger partial charge on any atom is 0.227 e. The fourth-order valence-electron chi connectivity index (χ4n) is 3.54. The second-order valence-electron chi connectivity index (χ2n) is 6.82. The van der Waals surface area contributed by atoms with Gasteiger partial charge in [0.25, 0.3) is 0 Å². The van der Waals surface area contributed by atoms with E-state index in [1.54, 1.807) is 13.2 Å². The molecule has 2 heterocycles. The molecule has 0 aliphatic carbocycles. The number of rotatable bonds is 4. The third kappa shape index (κ3) is 3.27. The predicted octanol–water partition coefficient (Wildman–Crippen LogP) is 6.48. The average molecular weight is 366 g/mol. The van der Waals surface area contributed by atoms with E-state index in [0.29, 0.717) is 5.71 Å². The van der Waals surface area contributed by atoms with Crippen molar-refractivity contribution in [3.8, 4) is 0 Å². The number of pyridine rings is 1. The molecule has 3 nitrogen and oxygen atoms in total. The van der Waals surface area contributed by atoms with Crippen LogP contribution in [0.2, 0.25) is 0 Å². The van der Waals surface area contributed by atoms with Crippen molar-refractivity contribution >= 4 is 39.4 Å². The summed E-state index contributed by atoms with van der Waals surface area (Å²) in [4.78, 5) is 8.58. The number of fused-ring (bicyclic) bond motifs is 3. The molecule has 0 amide bonds. The van der Waals surface area contributed by atoms with Gasteiger partial charge < -0.3 is 4.42 Å². The smallest absolute Gasteiger partial charge is 0.227 e. The Hall–Kier alpha value is -3.46. The Morgan fingerprint density at radius 1 is 0.964 bits per heavy atom. The van der Waals surface area contributed by atoms with Gasteiger partial charge in [0.05, 0.1) is 0 Å². The Balaban J connectivity index is 1.86. The van der Waals surface area contributed by atoms with Gasteiger partial charge in [-0.25, -0.2) is 4.98 Å². The van der Waals surface area contributed by atoms with Gasteiger partial charge in [-0.15, -0.1) is 0 Å². The Bertz CT molecular complexity index is 1230. The van der Waals surface area contributed by atoms with Crippen LogP contribution >= 0.6 is 0 Å². The van der Waals surface area contributed by atoms with E-state index in [9.17, 15) is 0 Å². The summed E-state index contributed by atoms with van der Waals surface area (Å²) < 4.78 is 6.13. The second kappa shape index (κ2) is 7.65. The minimum atomic E-state index is 0.677. The van der Waals surface area contributed by atoms with Crippen LogP contribution in [-0.2, 0) is 0 Å². The SMILES string of the molecule is CN=C/C(=C\C=C(/C)c1c(C)ccc2c1oc1ncccc12)c1ccccc1. The van der Waals surface area contributed by atoms with E-state index >= 15 is 0 Å². The van der Waals surface area contributed by atoms with E-state index in [2.05, 4.69) is 66.3 Å². The highest BCUT2D eigenvalue weighted by Crippen LogP contribution is 2.34. The molecule has 0 aliphatic rings. The zero-order valence-electron chi connectivity index (χ0n) is 16.3. The molecule has 0 fully saturated rings. The van der Waals surface area contributed by atoms with Crippen molar-refractivity contribution in [2.75, 3.05) is 7.05 Å². The number of benzene rings is 2. The normalized spacial score (nSPS) is 13.1. The van der Waals surface area contributed by atoms with Crippen LogP contribution in [0.15, 0.2) is 82.4 Å². The molecule has 0 aliphatic heterocycles. The molecule has 0 atom stereocenters. The van der Waals surface area contributed by atoms with Crippen LogP contribution in [0.1, 0.15) is 23.6 Å². The topological polar surface area (TPSA) is 38.4 Å². The summed E-state index contributed by atoms with van der Waals surface area (Å²) in [7, 11) is 1.79. The lowest BCUT2D eigenvalue weighted by molar-refractivity contribution is 0.652. The summed E-state index contributed by atoms with van der Waals surface area (Å²) in [6.45, 7) is 4.23. The predicted molar refractivity (Wildman–Crippen MR) is 119 cm³/mol. The number of aromatic nitrogens is 1.